The molecule has 3 nitrogen and oxygen atoms in total. The van der Waals surface area contributed by atoms with Crippen molar-refractivity contribution in [1.82, 2.24) is 4.98 Å². The largest absolute Gasteiger partial charge is 0.456 e. The van der Waals surface area contributed by atoms with E-state index in [2.05, 4.69) is 41.5 Å². The molecule has 3 heteroatoms. The molecule has 1 aliphatic carbocycles. The van der Waals surface area contributed by atoms with E-state index in [1.807, 2.05) is 30.6 Å². The highest BCUT2D eigenvalue weighted by atomic mass is 16.3. The van der Waals surface area contributed by atoms with Gasteiger partial charge in [0.1, 0.15) is 11.3 Å². The minimum Gasteiger partial charge on any atom is -0.456 e. The molecule has 0 radical (unpaired) electrons. The summed E-state index contributed by atoms with van der Waals surface area (Å²) >= 11 is 0. The van der Waals surface area contributed by atoms with Crippen LogP contribution in [0.25, 0.3) is 33.1 Å². The molecular formula is C24H24N2O. The molecule has 0 saturated heterocycles. The van der Waals surface area contributed by atoms with Crippen molar-refractivity contribution >= 4 is 27.4 Å². The maximum atomic E-state index is 6.13. The first-order chi connectivity index (χ1) is 13.3. The zero-order chi connectivity index (χ0) is 18.2. The number of para-hydroxylation sites is 1. The number of hydrogen-bond acceptors (Lipinski definition) is 3. The van der Waals surface area contributed by atoms with Crippen molar-refractivity contribution in [1.29, 1.82) is 0 Å². The van der Waals surface area contributed by atoms with E-state index < -0.39 is 0 Å². The first kappa shape index (κ1) is 16.4. The van der Waals surface area contributed by atoms with Gasteiger partial charge < -0.3 is 9.73 Å². The highest BCUT2D eigenvalue weighted by Gasteiger charge is 2.15. The van der Waals surface area contributed by atoms with Crippen LogP contribution in [0, 0.1) is 6.92 Å². The van der Waals surface area contributed by atoms with Crippen LogP contribution < -0.4 is 5.32 Å². The Balaban J connectivity index is 1.61. The van der Waals surface area contributed by atoms with Crippen LogP contribution in [0.4, 0.5) is 5.69 Å². The van der Waals surface area contributed by atoms with Crippen molar-refractivity contribution in [3.8, 4) is 11.3 Å². The Morgan fingerprint density at radius 3 is 2.67 bits per heavy atom. The molecule has 0 spiro atoms. The molecule has 136 valence electrons. The fourth-order valence-corrected chi connectivity index (χ4v) is 4.33. The molecule has 0 atom stereocenters. The average molecular weight is 356 g/mol. The molecule has 4 aromatic rings. The van der Waals surface area contributed by atoms with Gasteiger partial charge in [-0.1, -0.05) is 37.5 Å². The normalized spacial score (nSPS) is 15.4. The van der Waals surface area contributed by atoms with Crippen LogP contribution in [0.15, 0.2) is 59.3 Å². The second-order valence-electron chi connectivity index (χ2n) is 7.70. The SMILES string of the molecule is Cc1cc(NC2CCCCC2)cc2c(-c3cc4ccccc4o3)cncc12. The number of pyridine rings is 1. The number of furan rings is 1. The van der Waals surface area contributed by atoms with Gasteiger partial charge in [0, 0.05) is 40.5 Å². The standard InChI is InChI=1S/C24H24N2O/c1-16-11-19(26-18-8-3-2-4-9-18)13-20-21(16)14-25-15-22(20)24-12-17-7-5-6-10-23(17)27-24/h5-7,10-15,18,26H,2-4,8-9H2,1H3. The monoisotopic (exact) mass is 356 g/mol. The van der Waals surface area contributed by atoms with Crippen molar-refractivity contribution in [2.24, 2.45) is 0 Å². The highest BCUT2D eigenvalue weighted by molar-refractivity contribution is 6.00. The first-order valence-electron chi connectivity index (χ1n) is 9.92. The van der Waals surface area contributed by atoms with E-state index in [1.165, 1.54) is 54.1 Å². The third-order valence-electron chi connectivity index (χ3n) is 5.75. The Bertz CT molecular complexity index is 1070. The highest BCUT2D eigenvalue weighted by Crippen LogP contribution is 2.35. The number of rotatable bonds is 3. The lowest BCUT2D eigenvalue weighted by atomic mass is 9.94. The fourth-order valence-electron chi connectivity index (χ4n) is 4.33. The van der Waals surface area contributed by atoms with E-state index in [-0.39, 0.29) is 0 Å². The Labute approximate surface area is 159 Å². The van der Waals surface area contributed by atoms with E-state index in [0.29, 0.717) is 6.04 Å². The Morgan fingerprint density at radius 2 is 1.81 bits per heavy atom. The molecule has 1 fully saturated rings. The second-order valence-corrected chi connectivity index (χ2v) is 7.70. The summed E-state index contributed by atoms with van der Waals surface area (Å²) in [6, 6.07) is 15.4. The molecule has 2 heterocycles. The Hall–Kier alpha value is -2.81. The van der Waals surface area contributed by atoms with Gasteiger partial charge in [-0.25, -0.2) is 0 Å². The van der Waals surface area contributed by atoms with Gasteiger partial charge in [-0.3, -0.25) is 4.98 Å². The van der Waals surface area contributed by atoms with Crippen molar-refractivity contribution in [2.75, 3.05) is 5.32 Å². The maximum Gasteiger partial charge on any atom is 0.137 e. The molecule has 0 amide bonds. The van der Waals surface area contributed by atoms with Gasteiger partial charge in [-0.15, -0.1) is 0 Å². The van der Waals surface area contributed by atoms with Crippen molar-refractivity contribution in [3.05, 3.63) is 60.4 Å². The molecule has 27 heavy (non-hydrogen) atoms. The molecule has 1 aliphatic rings. The van der Waals surface area contributed by atoms with Crippen molar-refractivity contribution < 1.29 is 4.42 Å². The van der Waals surface area contributed by atoms with Crippen LogP contribution >= 0.6 is 0 Å². The summed E-state index contributed by atoms with van der Waals surface area (Å²) in [5, 5.41) is 7.27. The van der Waals surface area contributed by atoms with Gasteiger partial charge in [-0.2, -0.15) is 0 Å². The predicted molar refractivity (Wildman–Crippen MR) is 112 cm³/mol. The van der Waals surface area contributed by atoms with Gasteiger partial charge in [0.15, 0.2) is 0 Å². The Kier molecular flexibility index (Phi) is 4.08. The van der Waals surface area contributed by atoms with Crippen LogP contribution in [0.2, 0.25) is 0 Å². The van der Waals surface area contributed by atoms with Crippen LogP contribution in [0.3, 0.4) is 0 Å². The number of hydrogen-bond donors (Lipinski definition) is 1. The minimum atomic E-state index is 0.590. The summed E-state index contributed by atoms with van der Waals surface area (Å²) in [5.41, 5.74) is 4.42. The number of anilines is 1. The van der Waals surface area contributed by atoms with Crippen LogP contribution in [-0.4, -0.2) is 11.0 Å². The topological polar surface area (TPSA) is 38.1 Å². The number of benzene rings is 2. The van der Waals surface area contributed by atoms with Crippen LogP contribution in [0.1, 0.15) is 37.7 Å². The zero-order valence-corrected chi connectivity index (χ0v) is 15.7. The molecule has 2 aromatic carbocycles. The maximum absolute atomic E-state index is 6.13. The molecule has 5 rings (SSSR count). The van der Waals surface area contributed by atoms with Crippen LogP contribution in [-0.2, 0) is 0 Å². The van der Waals surface area contributed by atoms with Crippen LogP contribution in [0.5, 0.6) is 0 Å². The van der Waals surface area contributed by atoms with E-state index >= 15 is 0 Å². The summed E-state index contributed by atoms with van der Waals surface area (Å²) < 4.78 is 6.13. The third-order valence-corrected chi connectivity index (χ3v) is 5.75. The lowest BCUT2D eigenvalue weighted by molar-refractivity contribution is 0.463. The Morgan fingerprint density at radius 1 is 0.963 bits per heavy atom. The summed E-state index contributed by atoms with van der Waals surface area (Å²) in [6.45, 7) is 2.17. The van der Waals surface area contributed by atoms with E-state index in [4.69, 9.17) is 4.42 Å². The third kappa shape index (κ3) is 3.08. The van der Waals surface area contributed by atoms with Crippen molar-refractivity contribution in [2.45, 2.75) is 45.1 Å². The van der Waals surface area contributed by atoms with E-state index in [1.54, 1.807) is 0 Å². The lowest BCUT2D eigenvalue weighted by Crippen LogP contribution is -2.22. The van der Waals surface area contributed by atoms with Gasteiger partial charge in [0.05, 0.1) is 0 Å². The smallest absolute Gasteiger partial charge is 0.137 e. The molecule has 1 N–H and O–H groups in total. The van der Waals surface area contributed by atoms with Gasteiger partial charge in [0.25, 0.3) is 0 Å². The first-order valence-corrected chi connectivity index (χ1v) is 9.92. The summed E-state index contributed by atoms with van der Waals surface area (Å²) in [7, 11) is 0. The number of nitrogens with one attached hydrogen (secondary N) is 1. The average Bonchev–Trinajstić information content (AvgIpc) is 3.12. The molecule has 0 aliphatic heterocycles. The molecule has 0 unspecified atom stereocenters. The predicted octanol–water partition coefficient (Wildman–Crippen LogP) is 6.70. The lowest BCUT2D eigenvalue weighted by Gasteiger charge is -2.24. The number of aromatic nitrogens is 1. The summed E-state index contributed by atoms with van der Waals surface area (Å²) in [5.74, 6) is 0.878. The van der Waals surface area contributed by atoms with E-state index in [0.717, 1.165) is 22.3 Å². The minimum absolute atomic E-state index is 0.590. The fraction of sp³-hybridized carbons (Fsp3) is 0.292. The van der Waals surface area contributed by atoms with Gasteiger partial charge in [-0.05, 0) is 55.0 Å². The zero-order valence-electron chi connectivity index (χ0n) is 15.7. The van der Waals surface area contributed by atoms with Gasteiger partial charge in [0.2, 0.25) is 0 Å². The molecular weight excluding hydrogens is 332 g/mol. The molecule has 2 aromatic heterocycles. The second kappa shape index (κ2) is 6.73. The summed E-state index contributed by atoms with van der Waals surface area (Å²) in [4.78, 5) is 4.49. The van der Waals surface area contributed by atoms with Gasteiger partial charge >= 0.3 is 0 Å². The number of nitrogens with zero attached hydrogens (tertiary/aromatic N) is 1. The molecule has 0 bridgehead atoms. The molecule has 1 saturated carbocycles. The number of fused-ring (bicyclic) bond motifs is 2. The summed E-state index contributed by atoms with van der Waals surface area (Å²) in [6.07, 6.45) is 10.5. The number of aryl methyl sites for hydroxylation is 1. The van der Waals surface area contributed by atoms with Crippen molar-refractivity contribution in [3.63, 3.8) is 0 Å². The quantitative estimate of drug-likeness (QED) is 0.444. The van der Waals surface area contributed by atoms with E-state index in [9.17, 15) is 0 Å².